The topological polar surface area (TPSA) is 66.1 Å². The van der Waals surface area contributed by atoms with Crippen LogP contribution in [0.4, 0.5) is 0 Å². The van der Waals surface area contributed by atoms with Crippen LogP contribution in [0.25, 0.3) is 0 Å². The molecule has 0 amide bonds. The fourth-order valence-electron chi connectivity index (χ4n) is 2.62. The molecule has 0 spiro atoms. The van der Waals surface area contributed by atoms with E-state index in [-0.39, 0.29) is 11.7 Å². The Balaban J connectivity index is 2.22. The highest BCUT2D eigenvalue weighted by Gasteiger charge is 2.41. The van der Waals surface area contributed by atoms with Gasteiger partial charge in [0, 0.05) is 11.0 Å². The Kier molecular flexibility index (Phi) is 4.81. The lowest BCUT2D eigenvalue weighted by molar-refractivity contribution is -0.863. The third-order valence-corrected chi connectivity index (χ3v) is 4.05. The fraction of sp³-hybridized carbons (Fsp3) is 0.467. The zero-order valence-electron chi connectivity index (χ0n) is 12.5. The number of rotatable bonds is 5. The van der Waals surface area contributed by atoms with Crippen molar-refractivity contribution in [1.29, 1.82) is 0 Å². The summed E-state index contributed by atoms with van der Waals surface area (Å²) in [5, 5.41) is 14.6. The molecule has 0 bridgehead atoms. The number of ketones is 1. The van der Waals surface area contributed by atoms with Crippen molar-refractivity contribution in [2.45, 2.75) is 18.4 Å². The molecule has 5 nitrogen and oxygen atoms in total. The SMILES string of the molecule is C[NH+](C)C[C@](C)(O)C(=O)C1=NNC[C@H]1c1ccc(Br)cc1. The van der Waals surface area contributed by atoms with Gasteiger partial charge in [-0.1, -0.05) is 28.1 Å². The minimum absolute atomic E-state index is 0.116. The summed E-state index contributed by atoms with van der Waals surface area (Å²) in [5.41, 5.74) is 2.90. The van der Waals surface area contributed by atoms with E-state index in [4.69, 9.17) is 0 Å². The molecule has 0 unspecified atom stereocenters. The molecular weight excluding hydrogens is 334 g/mol. The molecule has 1 heterocycles. The molecule has 2 atom stereocenters. The molecule has 0 saturated carbocycles. The molecule has 0 saturated heterocycles. The van der Waals surface area contributed by atoms with E-state index < -0.39 is 5.60 Å². The number of carbonyl (C=O) groups is 1. The standard InChI is InChI=1S/C15H20BrN3O2/c1-15(21,9-19(2)3)14(20)13-12(8-17-18-13)10-4-6-11(16)7-5-10/h4-7,12,17,21H,8-9H2,1-3H3/p+1/t12-,15-/m0/s1. The van der Waals surface area contributed by atoms with E-state index in [0.29, 0.717) is 18.8 Å². The Morgan fingerprint density at radius 3 is 2.67 bits per heavy atom. The van der Waals surface area contributed by atoms with E-state index in [0.717, 1.165) is 14.9 Å². The number of hydrazone groups is 1. The zero-order chi connectivity index (χ0) is 15.6. The first kappa shape index (κ1) is 16.1. The average Bonchev–Trinajstić information content (AvgIpc) is 2.86. The van der Waals surface area contributed by atoms with Crippen LogP contribution in [0.2, 0.25) is 0 Å². The van der Waals surface area contributed by atoms with Gasteiger partial charge in [-0.25, -0.2) is 0 Å². The second-order valence-corrected chi connectivity index (χ2v) is 6.87. The van der Waals surface area contributed by atoms with Crippen LogP contribution < -0.4 is 10.3 Å². The smallest absolute Gasteiger partial charge is 0.216 e. The molecule has 1 aliphatic rings. The predicted octanol–water partition coefficient (Wildman–Crippen LogP) is -0.0435. The van der Waals surface area contributed by atoms with Crippen molar-refractivity contribution < 1.29 is 14.8 Å². The Morgan fingerprint density at radius 1 is 1.48 bits per heavy atom. The van der Waals surface area contributed by atoms with Gasteiger partial charge in [-0.05, 0) is 24.6 Å². The molecule has 2 rings (SSSR count). The van der Waals surface area contributed by atoms with Gasteiger partial charge < -0.3 is 15.4 Å². The monoisotopic (exact) mass is 354 g/mol. The van der Waals surface area contributed by atoms with Crippen molar-refractivity contribution in [2.75, 3.05) is 27.2 Å². The molecule has 1 aliphatic heterocycles. The number of nitrogens with zero attached hydrogens (tertiary/aromatic N) is 1. The molecule has 0 radical (unpaired) electrons. The van der Waals surface area contributed by atoms with E-state index >= 15 is 0 Å². The van der Waals surface area contributed by atoms with Gasteiger partial charge in [-0.15, -0.1) is 0 Å². The molecule has 3 N–H and O–H groups in total. The molecular formula is C15H21BrN3O2+. The normalized spacial score (nSPS) is 20.9. The summed E-state index contributed by atoms with van der Waals surface area (Å²) in [7, 11) is 3.81. The van der Waals surface area contributed by atoms with E-state index in [1.165, 1.54) is 0 Å². The molecule has 6 heteroatoms. The van der Waals surface area contributed by atoms with Gasteiger partial charge in [-0.3, -0.25) is 4.79 Å². The van der Waals surface area contributed by atoms with E-state index in [1.807, 2.05) is 38.4 Å². The lowest BCUT2D eigenvalue weighted by atomic mass is 9.86. The zero-order valence-corrected chi connectivity index (χ0v) is 14.1. The number of halogens is 1. The Hall–Kier alpha value is -1.24. The van der Waals surface area contributed by atoms with Gasteiger partial charge >= 0.3 is 0 Å². The number of benzene rings is 1. The van der Waals surface area contributed by atoms with Crippen LogP contribution in [-0.4, -0.2) is 49.4 Å². The largest absolute Gasteiger partial charge is 0.376 e. The maximum Gasteiger partial charge on any atom is 0.216 e. The van der Waals surface area contributed by atoms with Crippen LogP contribution in [0.3, 0.4) is 0 Å². The summed E-state index contributed by atoms with van der Waals surface area (Å²) >= 11 is 3.40. The van der Waals surface area contributed by atoms with Crippen LogP contribution in [-0.2, 0) is 4.79 Å². The lowest BCUT2D eigenvalue weighted by Crippen LogP contribution is -3.08. The van der Waals surface area contributed by atoms with Gasteiger partial charge in [0.2, 0.25) is 5.78 Å². The minimum Gasteiger partial charge on any atom is -0.376 e. The highest BCUT2D eigenvalue weighted by atomic mass is 79.9. The summed E-state index contributed by atoms with van der Waals surface area (Å²) in [6.45, 7) is 2.48. The second kappa shape index (κ2) is 6.25. The minimum atomic E-state index is -1.41. The Labute approximate surface area is 133 Å². The van der Waals surface area contributed by atoms with Crippen molar-refractivity contribution in [1.82, 2.24) is 5.43 Å². The predicted molar refractivity (Wildman–Crippen MR) is 85.6 cm³/mol. The van der Waals surface area contributed by atoms with Crippen molar-refractivity contribution in [3.8, 4) is 0 Å². The quantitative estimate of drug-likeness (QED) is 0.694. The van der Waals surface area contributed by atoms with Crippen molar-refractivity contribution in [3.05, 3.63) is 34.3 Å². The Bertz CT molecular complexity index is 553. The van der Waals surface area contributed by atoms with Crippen LogP contribution >= 0.6 is 15.9 Å². The van der Waals surface area contributed by atoms with Gasteiger partial charge in [0.15, 0.2) is 5.60 Å². The van der Waals surface area contributed by atoms with Crippen LogP contribution in [0.1, 0.15) is 18.4 Å². The maximum atomic E-state index is 12.6. The molecule has 1 aromatic rings. The lowest BCUT2D eigenvalue weighted by Gasteiger charge is -2.24. The first-order valence-electron chi connectivity index (χ1n) is 6.93. The van der Waals surface area contributed by atoms with Crippen LogP contribution in [0.5, 0.6) is 0 Å². The number of hydrogen-bond acceptors (Lipinski definition) is 4. The second-order valence-electron chi connectivity index (χ2n) is 5.95. The molecule has 0 fully saturated rings. The van der Waals surface area contributed by atoms with Crippen molar-refractivity contribution >= 4 is 27.4 Å². The number of quaternary nitrogens is 1. The molecule has 114 valence electrons. The summed E-state index contributed by atoms with van der Waals surface area (Å²) in [5.74, 6) is -0.421. The number of likely N-dealkylation sites (N-methyl/N-ethyl adjacent to an activating group) is 1. The Morgan fingerprint density at radius 2 is 2.10 bits per heavy atom. The van der Waals surface area contributed by atoms with Crippen molar-refractivity contribution in [3.63, 3.8) is 0 Å². The number of Topliss-reactive ketones (excluding diaryl/α,β-unsaturated/α-hetero) is 1. The summed E-state index contributed by atoms with van der Waals surface area (Å²) < 4.78 is 0.991. The highest BCUT2D eigenvalue weighted by molar-refractivity contribution is 9.10. The summed E-state index contributed by atoms with van der Waals surface area (Å²) in [6.07, 6.45) is 0. The molecule has 0 aliphatic carbocycles. The van der Waals surface area contributed by atoms with Crippen LogP contribution in [0.15, 0.2) is 33.8 Å². The van der Waals surface area contributed by atoms with Crippen molar-refractivity contribution in [2.24, 2.45) is 5.10 Å². The molecule has 1 aromatic carbocycles. The third-order valence-electron chi connectivity index (χ3n) is 3.52. The highest BCUT2D eigenvalue weighted by Crippen LogP contribution is 2.24. The fourth-order valence-corrected chi connectivity index (χ4v) is 2.89. The summed E-state index contributed by atoms with van der Waals surface area (Å²) in [4.78, 5) is 13.6. The van der Waals surface area contributed by atoms with Crippen LogP contribution in [0, 0.1) is 0 Å². The maximum absolute atomic E-state index is 12.6. The van der Waals surface area contributed by atoms with Gasteiger partial charge in [0.05, 0.1) is 20.0 Å². The van der Waals surface area contributed by atoms with E-state index in [1.54, 1.807) is 6.92 Å². The molecule has 0 aromatic heterocycles. The first-order chi connectivity index (χ1) is 9.81. The third kappa shape index (κ3) is 3.70. The number of aliphatic hydroxyl groups is 1. The van der Waals surface area contributed by atoms with Gasteiger partial charge in [0.1, 0.15) is 12.3 Å². The molecule has 21 heavy (non-hydrogen) atoms. The number of carbonyl (C=O) groups excluding carboxylic acids is 1. The van der Waals surface area contributed by atoms with E-state index in [2.05, 4.69) is 26.5 Å². The van der Waals surface area contributed by atoms with Gasteiger partial charge in [0.25, 0.3) is 0 Å². The first-order valence-corrected chi connectivity index (χ1v) is 7.72. The number of hydrogen-bond donors (Lipinski definition) is 3. The number of nitrogens with one attached hydrogen (secondary N) is 2. The van der Waals surface area contributed by atoms with E-state index in [9.17, 15) is 9.90 Å². The summed E-state index contributed by atoms with van der Waals surface area (Å²) in [6, 6.07) is 7.82. The van der Waals surface area contributed by atoms with Gasteiger partial charge in [-0.2, -0.15) is 5.10 Å². The average molecular weight is 355 g/mol.